The molecule has 0 aromatic heterocycles. The minimum atomic E-state index is -4.60. The average molecular weight is 847 g/mol. The molecule has 0 bridgehead atoms. The molecule has 58 heavy (non-hydrogen) atoms. The van der Waals surface area contributed by atoms with Crippen LogP contribution in [-0.2, 0) is 38.7 Å². The lowest BCUT2D eigenvalue weighted by atomic mass is 10.00. The highest BCUT2D eigenvalue weighted by Gasteiger charge is 2.46. The van der Waals surface area contributed by atoms with E-state index in [2.05, 4.69) is 38.2 Å². The summed E-state index contributed by atoms with van der Waals surface area (Å²) in [5, 5.41) is 30.9. The van der Waals surface area contributed by atoms with Gasteiger partial charge in [0.1, 0.15) is 36.8 Å². The monoisotopic (exact) mass is 847 g/mol. The van der Waals surface area contributed by atoms with E-state index in [4.69, 9.17) is 18.9 Å². The van der Waals surface area contributed by atoms with Crippen LogP contribution in [0.5, 0.6) is 0 Å². The number of esters is 2. The molecule has 0 saturated carbocycles. The fourth-order valence-electron chi connectivity index (χ4n) is 6.90. The van der Waals surface area contributed by atoms with Crippen molar-refractivity contribution in [2.45, 2.75) is 230 Å². The van der Waals surface area contributed by atoms with Gasteiger partial charge >= 0.3 is 11.9 Å². The Labute approximate surface area is 351 Å². The minimum absolute atomic E-state index is 0.153. The van der Waals surface area contributed by atoms with E-state index in [9.17, 15) is 37.9 Å². The molecule has 0 amide bonds. The number of aliphatic hydroxyl groups excluding tert-OH is 3. The van der Waals surface area contributed by atoms with Gasteiger partial charge in [0.25, 0.3) is 10.1 Å². The van der Waals surface area contributed by atoms with E-state index >= 15 is 0 Å². The molecule has 1 heterocycles. The molecular formula is C45H82O12S. The number of aliphatic hydroxyl groups is 3. The maximum absolute atomic E-state index is 12.8. The highest BCUT2D eigenvalue weighted by atomic mass is 32.2. The predicted molar refractivity (Wildman–Crippen MR) is 229 cm³/mol. The first-order valence-electron chi connectivity index (χ1n) is 22.9. The molecule has 6 atom stereocenters. The Morgan fingerprint density at radius 3 is 1.45 bits per heavy atom. The zero-order valence-corrected chi connectivity index (χ0v) is 37.0. The van der Waals surface area contributed by atoms with Gasteiger partial charge in [-0.2, -0.15) is 8.42 Å². The summed E-state index contributed by atoms with van der Waals surface area (Å²) in [6.45, 7) is 3.74. The first-order valence-corrected chi connectivity index (χ1v) is 24.5. The van der Waals surface area contributed by atoms with Crippen LogP contribution in [0.2, 0.25) is 0 Å². The highest BCUT2D eigenvalue weighted by molar-refractivity contribution is 7.85. The fraction of sp³-hybridized carbons (Fsp3) is 0.867. The predicted octanol–water partition coefficient (Wildman–Crippen LogP) is 9.23. The third-order valence-corrected chi connectivity index (χ3v) is 11.3. The Morgan fingerprint density at radius 1 is 0.569 bits per heavy atom. The Balaban J connectivity index is 2.46. The van der Waals surface area contributed by atoms with Crippen LogP contribution in [0.3, 0.4) is 0 Å². The maximum Gasteiger partial charge on any atom is 0.306 e. The van der Waals surface area contributed by atoms with Crippen molar-refractivity contribution >= 4 is 22.1 Å². The highest BCUT2D eigenvalue weighted by Crippen LogP contribution is 2.24. The number of hydrogen-bond donors (Lipinski definition) is 4. The van der Waals surface area contributed by atoms with Crippen LogP contribution in [0.4, 0.5) is 0 Å². The van der Waals surface area contributed by atoms with Gasteiger partial charge in [0, 0.05) is 12.8 Å². The number of allylic oxidation sites excluding steroid dienone is 4. The molecule has 0 aromatic rings. The van der Waals surface area contributed by atoms with Crippen LogP contribution in [0, 0.1) is 0 Å². The van der Waals surface area contributed by atoms with E-state index in [0.717, 1.165) is 64.2 Å². The maximum atomic E-state index is 12.8. The smallest absolute Gasteiger partial charge is 0.306 e. The van der Waals surface area contributed by atoms with Crippen LogP contribution >= 0.6 is 0 Å². The third kappa shape index (κ3) is 30.2. The molecule has 0 aromatic carbocycles. The van der Waals surface area contributed by atoms with Gasteiger partial charge in [-0.3, -0.25) is 14.1 Å². The lowest BCUT2D eigenvalue weighted by Gasteiger charge is -2.40. The van der Waals surface area contributed by atoms with Crippen molar-refractivity contribution in [1.29, 1.82) is 0 Å². The number of ether oxygens (including phenoxy) is 4. The van der Waals surface area contributed by atoms with E-state index in [1.807, 2.05) is 0 Å². The second kappa shape index (κ2) is 35.8. The Kier molecular flexibility index (Phi) is 33.5. The van der Waals surface area contributed by atoms with Gasteiger partial charge in [-0.25, -0.2) is 0 Å². The first kappa shape index (κ1) is 54.1. The Morgan fingerprint density at radius 2 is 0.983 bits per heavy atom. The van der Waals surface area contributed by atoms with Crippen LogP contribution < -0.4 is 0 Å². The SMILES string of the molecule is CCCCCCCC/C=C/CCCCCCCC(=O)O[C@H](COC(=O)CCCCC/C=C/CCCCCCCCCC)CO[C@H]1O[C@H](CS(=O)(=O)O)[C@@H](O)C(O)C1O. The van der Waals surface area contributed by atoms with E-state index in [1.165, 1.54) is 89.9 Å². The molecule has 340 valence electrons. The quantitative estimate of drug-likeness (QED) is 0.0200. The summed E-state index contributed by atoms with van der Waals surface area (Å²) in [6, 6.07) is 0. The second-order valence-corrected chi connectivity index (χ2v) is 17.6. The summed E-state index contributed by atoms with van der Waals surface area (Å²) in [7, 11) is -4.60. The van der Waals surface area contributed by atoms with E-state index in [-0.39, 0.29) is 19.4 Å². The number of carbonyl (C=O) groups is 2. The van der Waals surface area contributed by atoms with Crippen LogP contribution in [0.1, 0.15) is 194 Å². The zero-order chi connectivity index (χ0) is 42.7. The van der Waals surface area contributed by atoms with Crippen molar-refractivity contribution in [3.05, 3.63) is 24.3 Å². The molecule has 1 rings (SSSR count). The molecule has 0 aliphatic carbocycles. The molecule has 1 aliphatic rings. The van der Waals surface area contributed by atoms with Crippen molar-refractivity contribution in [2.75, 3.05) is 19.0 Å². The average Bonchev–Trinajstić information content (AvgIpc) is 3.18. The lowest BCUT2D eigenvalue weighted by Crippen LogP contribution is -2.60. The normalized spacial score (nSPS) is 20.6. The Bertz CT molecular complexity index is 1180. The van der Waals surface area contributed by atoms with Crippen LogP contribution in [0.15, 0.2) is 24.3 Å². The molecule has 13 heteroatoms. The molecule has 4 N–H and O–H groups in total. The van der Waals surface area contributed by atoms with Crippen molar-refractivity contribution < 1.29 is 56.8 Å². The zero-order valence-electron chi connectivity index (χ0n) is 36.2. The van der Waals surface area contributed by atoms with Crippen molar-refractivity contribution in [2.24, 2.45) is 0 Å². The molecule has 1 fully saturated rings. The number of hydrogen-bond acceptors (Lipinski definition) is 11. The number of carbonyl (C=O) groups excluding carboxylic acids is 2. The summed E-state index contributed by atoms with van der Waals surface area (Å²) in [5.41, 5.74) is 0. The molecule has 0 spiro atoms. The van der Waals surface area contributed by atoms with Gasteiger partial charge in [0.2, 0.25) is 0 Å². The van der Waals surface area contributed by atoms with Gasteiger partial charge in [0.15, 0.2) is 12.4 Å². The molecule has 1 aliphatic heterocycles. The molecule has 1 saturated heterocycles. The topological polar surface area (TPSA) is 186 Å². The molecule has 12 nitrogen and oxygen atoms in total. The van der Waals surface area contributed by atoms with Gasteiger partial charge in [0.05, 0.1) is 6.61 Å². The van der Waals surface area contributed by atoms with E-state index < -0.39 is 71.2 Å². The summed E-state index contributed by atoms with van der Waals surface area (Å²) >= 11 is 0. The number of rotatable bonds is 38. The number of unbranched alkanes of at least 4 members (excludes halogenated alkanes) is 22. The van der Waals surface area contributed by atoms with Crippen LogP contribution in [-0.4, -0.2) is 96.0 Å². The van der Waals surface area contributed by atoms with Gasteiger partial charge in [-0.1, -0.05) is 141 Å². The van der Waals surface area contributed by atoms with Crippen LogP contribution in [0.25, 0.3) is 0 Å². The van der Waals surface area contributed by atoms with Gasteiger partial charge in [-0.15, -0.1) is 0 Å². The van der Waals surface area contributed by atoms with E-state index in [1.54, 1.807) is 0 Å². The lowest BCUT2D eigenvalue weighted by molar-refractivity contribution is -0.297. The summed E-state index contributed by atoms with van der Waals surface area (Å²) in [5.74, 6) is -2.01. The molecule has 0 radical (unpaired) electrons. The van der Waals surface area contributed by atoms with Gasteiger partial charge in [-0.05, 0) is 64.2 Å². The summed E-state index contributed by atoms with van der Waals surface area (Å²) in [4.78, 5) is 25.4. The fourth-order valence-corrected chi connectivity index (χ4v) is 7.59. The largest absolute Gasteiger partial charge is 0.462 e. The second-order valence-electron chi connectivity index (χ2n) is 16.1. The van der Waals surface area contributed by atoms with Gasteiger partial charge < -0.3 is 34.3 Å². The van der Waals surface area contributed by atoms with Crippen molar-refractivity contribution in [3.8, 4) is 0 Å². The summed E-state index contributed by atoms with van der Waals surface area (Å²) < 4.78 is 54.0. The van der Waals surface area contributed by atoms with E-state index in [0.29, 0.717) is 12.8 Å². The molecular weight excluding hydrogens is 765 g/mol. The Hall–Kier alpha value is -1.87. The minimum Gasteiger partial charge on any atom is -0.462 e. The van der Waals surface area contributed by atoms with Crippen molar-refractivity contribution in [3.63, 3.8) is 0 Å². The van der Waals surface area contributed by atoms with Crippen molar-refractivity contribution in [1.82, 2.24) is 0 Å². The molecule has 2 unspecified atom stereocenters. The first-order chi connectivity index (χ1) is 28.0. The standard InChI is InChI=1S/C45H82O12S/c1-3-5-7-9-11-13-15-17-19-21-23-25-27-29-31-33-40(46)54-35-38(36-55-45-44(50)43(49)42(48)39(57-45)37-58(51,52)53)56-41(47)34-32-30-28-26-24-22-20-18-16-14-12-10-8-6-4-2/h18,20-21,23,38-39,42-45,48-50H,3-17,19,22,24-37H2,1-2H3,(H,51,52,53)/b20-18+,23-21+/t38-,39-,42-,43?,44?,45+/m1/s1. The summed E-state index contributed by atoms with van der Waals surface area (Å²) in [6.07, 6.45) is 29.4. The third-order valence-electron chi connectivity index (χ3n) is 10.5.